The van der Waals surface area contributed by atoms with Gasteiger partial charge in [-0.05, 0) is 26.4 Å². The molecule has 1 unspecified atom stereocenters. The second kappa shape index (κ2) is 5.60. The van der Waals surface area contributed by atoms with Gasteiger partial charge >= 0.3 is 0 Å². The molecule has 0 spiro atoms. The van der Waals surface area contributed by atoms with Crippen molar-refractivity contribution in [3.8, 4) is 0 Å². The summed E-state index contributed by atoms with van der Waals surface area (Å²) in [6, 6.07) is 0.597. The number of hydrogen-bond donors (Lipinski definition) is 1. The van der Waals surface area contributed by atoms with Crippen LogP contribution in [0, 0.1) is 0 Å². The minimum Gasteiger partial charge on any atom is -0.339 e. The van der Waals surface area contributed by atoms with E-state index in [9.17, 15) is 0 Å². The molecule has 0 aliphatic carbocycles. The molecule has 0 saturated carbocycles. The zero-order valence-corrected chi connectivity index (χ0v) is 10.9. The largest absolute Gasteiger partial charge is 0.339 e. The molecular weight excluding hydrogens is 216 g/mol. The SMILES string of the molecule is CNC1CCCN(Cc2noc(C(C)C)n2)C1. The summed E-state index contributed by atoms with van der Waals surface area (Å²) >= 11 is 0. The molecule has 1 fully saturated rings. The maximum absolute atomic E-state index is 5.22. The van der Waals surface area contributed by atoms with E-state index in [0.29, 0.717) is 12.0 Å². The number of likely N-dealkylation sites (N-methyl/N-ethyl adjacent to an activating group) is 1. The van der Waals surface area contributed by atoms with E-state index in [1.54, 1.807) is 0 Å². The second-order valence-corrected chi connectivity index (χ2v) is 5.07. The Kier molecular flexibility index (Phi) is 4.12. The summed E-state index contributed by atoms with van der Waals surface area (Å²) < 4.78 is 5.22. The Labute approximate surface area is 103 Å². The fraction of sp³-hybridized carbons (Fsp3) is 0.833. The van der Waals surface area contributed by atoms with Gasteiger partial charge in [0.25, 0.3) is 0 Å². The van der Waals surface area contributed by atoms with E-state index in [2.05, 4.69) is 34.2 Å². The van der Waals surface area contributed by atoms with Crippen molar-refractivity contribution in [2.75, 3.05) is 20.1 Å². The Hall–Kier alpha value is -0.940. The van der Waals surface area contributed by atoms with Crippen LogP contribution in [0.3, 0.4) is 0 Å². The van der Waals surface area contributed by atoms with Crippen LogP contribution in [-0.4, -0.2) is 41.2 Å². The smallest absolute Gasteiger partial charge is 0.229 e. The van der Waals surface area contributed by atoms with Crippen LogP contribution >= 0.6 is 0 Å². The minimum atomic E-state index is 0.308. The van der Waals surface area contributed by atoms with Gasteiger partial charge in [0.1, 0.15) is 0 Å². The van der Waals surface area contributed by atoms with Gasteiger partial charge < -0.3 is 9.84 Å². The van der Waals surface area contributed by atoms with Crippen molar-refractivity contribution in [3.05, 3.63) is 11.7 Å². The van der Waals surface area contributed by atoms with Crippen molar-refractivity contribution in [2.24, 2.45) is 0 Å². The lowest BCUT2D eigenvalue weighted by molar-refractivity contribution is 0.182. The third-order valence-corrected chi connectivity index (χ3v) is 3.26. The van der Waals surface area contributed by atoms with Crippen molar-refractivity contribution in [1.29, 1.82) is 0 Å². The first kappa shape index (κ1) is 12.5. The lowest BCUT2D eigenvalue weighted by Gasteiger charge is -2.31. The number of nitrogens with one attached hydrogen (secondary N) is 1. The average molecular weight is 238 g/mol. The molecule has 5 nitrogen and oxygen atoms in total. The van der Waals surface area contributed by atoms with E-state index in [-0.39, 0.29) is 0 Å². The monoisotopic (exact) mass is 238 g/mol. The Morgan fingerprint density at radius 2 is 2.35 bits per heavy atom. The second-order valence-electron chi connectivity index (χ2n) is 5.07. The number of rotatable bonds is 4. The Morgan fingerprint density at radius 1 is 1.53 bits per heavy atom. The number of piperidine rings is 1. The van der Waals surface area contributed by atoms with Crippen molar-refractivity contribution in [2.45, 2.75) is 45.2 Å². The standard InChI is InChI=1S/C12H22N4O/c1-9(2)12-14-11(15-17-12)8-16-6-4-5-10(7-16)13-3/h9-10,13H,4-8H2,1-3H3. The molecule has 0 radical (unpaired) electrons. The topological polar surface area (TPSA) is 54.2 Å². The molecule has 0 bridgehead atoms. The fourth-order valence-electron chi connectivity index (χ4n) is 2.20. The Bertz CT molecular complexity index is 350. The predicted molar refractivity (Wildman–Crippen MR) is 65.7 cm³/mol. The number of nitrogens with zero attached hydrogens (tertiary/aromatic N) is 3. The third kappa shape index (κ3) is 3.26. The summed E-state index contributed by atoms with van der Waals surface area (Å²) in [7, 11) is 2.03. The molecule has 5 heteroatoms. The summed E-state index contributed by atoms with van der Waals surface area (Å²) in [4.78, 5) is 6.80. The van der Waals surface area contributed by atoms with E-state index < -0.39 is 0 Å². The number of likely N-dealkylation sites (tertiary alicyclic amines) is 1. The number of aromatic nitrogens is 2. The van der Waals surface area contributed by atoms with Crippen molar-refractivity contribution < 1.29 is 4.52 Å². The molecular formula is C12H22N4O. The van der Waals surface area contributed by atoms with Gasteiger partial charge in [0, 0.05) is 18.5 Å². The molecule has 1 aromatic heterocycles. The molecule has 0 amide bonds. The van der Waals surface area contributed by atoms with Crippen LogP contribution in [0.15, 0.2) is 4.52 Å². The Morgan fingerprint density at radius 3 is 3.00 bits per heavy atom. The summed E-state index contributed by atoms with van der Waals surface area (Å²) in [5.41, 5.74) is 0. The van der Waals surface area contributed by atoms with Crippen LogP contribution < -0.4 is 5.32 Å². The molecule has 2 heterocycles. The summed E-state index contributed by atoms with van der Waals surface area (Å²) in [5.74, 6) is 1.86. The van der Waals surface area contributed by atoms with Crippen molar-refractivity contribution >= 4 is 0 Å². The van der Waals surface area contributed by atoms with Crippen LogP contribution in [-0.2, 0) is 6.54 Å². The van der Waals surface area contributed by atoms with Crippen LogP contribution in [0.1, 0.15) is 44.3 Å². The summed E-state index contributed by atoms with van der Waals surface area (Å²) in [6.45, 7) is 7.13. The van der Waals surface area contributed by atoms with Gasteiger partial charge in [-0.25, -0.2) is 0 Å². The zero-order chi connectivity index (χ0) is 12.3. The van der Waals surface area contributed by atoms with Gasteiger partial charge in [-0.2, -0.15) is 4.98 Å². The minimum absolute atomic E-state index is 0.308. The van der Waals surface area contributed by atoms with Gasteiger partial charge in [-0.15, -0.1) is 0 Å². The van der Waals surface area contributed by atoms with E-state index in [1.807, 2.05) is 7.05 Å². The van der Waals surface area contributed by atoms with Gasteiger partial charge in [0.2, 0.25) is 5.89 Å². The van der Waals surface area contributed by atoms with Crippen molar-refractivity contribution in [3.63, 3.8) is 0 Å². The first-order valence-electron chi connectivity index (χ1n) is 6.41. The molecule has 1 aliphatic heterocycles. The highest BCUT2D eigenvalue weighted by atomic mass is 16.5. The predicted octanol–water partition coefficient (Wildman–Crippen LogP) is 1.38. The maximum atomic E-state index is 5.22. The first-order chi connectivity index (χ1) is 8.19. The average Bonchev–Trinajstić information content (AvgIpc) is 2.78. The van der Waals surface area contributed by atoms with Crippen LogP contribution in [0.2, 0.25) is 0 Å². The lowest BCUT2D eigenvalue weighted by Crippen LogP contribution is -2.44. The third-order valence-electron chi connectivity index (χ3n) is 3.26. The van der Waals surface area contributed by atoms with Crippen LogP contribution in [0.4, 0.5) is 0 Å². The molecule has 1 N–H and O–H groups in total. The van der Waals surface area contributed by atoms with Crippen LogP contribution in [0.5, 0.6) is 0 Å². The first-order valence-corrected chi connectivity index (χ1v) is 6.41. The molecule has 96 valence electrons. The van der Waals surface area contributed by atoms with E-state index >= 15 is 0 Å². The van der Waals surface area contributed by atoms with Gasteiger partial charge in [-0.1, -0.05) is 19.0 Å². The molecule has 17 heavy (non-hydrogen) atoms. The van der Waals surface area contributed by atoms with Crippen LogP contribution in [0.25, 0.3) is 0 Å². The Balaban J connectivity index is 1.91. The fourth-order valence-corrected chi connectivity index (χ4v) is 2.20. The highest BCUT2D eigenvalue weighted by molar-refractivity contribution is 4.91. The van der Waals surface area contributed by atoms with E-state index in [4.69, 9.17) is 4.52 Å². The molecule has 1 saturated heterocycles. The lowest BCUT2D eigenvalue weighted by atomic mass is 10.1. The van der Waals surface area contributed by atoms with Crippen molar-refractivity contribution in [1.82, 2.24) is 20.4 Å². The van der Waals surface area contributed by atoms with E-state index in [1.165, 1.54) is 12.8 Å². The van der Waals surface area contributed by atoms with Gasteiger partial charge in [-0.3, -0.25) is 4.90 Å². The van der Waals surface area contributed by atoms with Gasteiger partial charge in [0.05, 0.1) is 6.54 Å². The zero-order valence-electron chi connectivity index (χ0n) is 10.9. The maximum Gasteiger partial charge on any atom is 0.229 e. The molecule has 2 rings (SSSR count). The summed E-state index contributed by atoms with van der Waals surface area (Å²) in [6.07, 6.45) is 2.50. The highest BCUT2D eigenvalue weighted by Crippen LogP contribution is 2.14. The molecule has 1 aromatic rings. The normalized spacial score (nSPS) is 22.2. The van der Waals surface area contributed by atoms with E-state index in [0.717, 1.165) is 31.3 Å². The molecule has 1 aliphatic rings. The summed E-state index contributed by atoms with van der Waals surface area (Å²) in [5, 5.41) is 7.37. The number of hydrogen-bond acceptors (Lipinski definition) is 5. The highest BCUT2D eigenvalue weighted by Gasteiger charge is 2.20. The van der Waals surface area contributed by atoms with Gasteiger partial charge in [0.15, 0.2) is 5.82 Å². The molecule has 0 aromatic carbocycles. The quantitative estimate of drug-likeness (QED) is 0.858. The molecule has 1 atom stereocenters.